The van der Waals surface area contributed by atoms with Crippen molar-refractivity contribution in [1.82, 2.24) is 10.6 Å². The van der Waals surface area contributed by atoms with E-state index in [-0.39, 0.29) is 18.0 Å². The number of nitrogens with one attached hydrogen (secondary N) is 2. The van der Waals surface area contributed by atoms with Gasteiger partial charge < -0.3 is 15.4 Å². The SMILES string of the molecule is COc1ccccc1C(C)NC(=O)[C@@H]1CCCCN1. The van der Waals surface area contributed by atoms with Crippen molar-refractivity contribution in [1.29, 1.82) is 0 Å². The minimum atomic E-state index is -0.0501. The van der Waals surface area contributed by atoms with Crippen molar-refractivity contribution in [2.45, 2.75) is 38.3 Å². The molecule has 1 saturated heterocycles. The van der Waals surface area contributed by atoms with Crippen LogP contribution in [0, 0.1) is 0 Å². The van der Waals surface area contributed by atoms with Crippen LogP contribution in [0.1, 0.15) is 37.8 Å². The van der Waals surface area contributed by atoms with Gasteiger partial charge in [-0.15, -0.1) is 0 Å². The first kappa shape index (κ1) is 13.9. The number of benzene rings is 1. The van der Waals surface area contributed by atoms with Gasteiger partial charge in [-0.1, -0.05) is 24.6 Å². The van der Waals surface area contributed by atoms with Crippen molar-refractivity contribution < 1.29 is 9.53 Å². The van der Waals surface area contributed by atoms with Crippen LogP contribution < -0.4 is 15.4 Å². The van der Waals surface area contributed by atoms with E-state index < -0.39 is 0 Å². The predicted octanol–water partition coefficient (Wildman–Crippen LogP) is 2.01. The van der Waals surface area contributed by atoms with Gasteiger partial charge in [0.1, 0.15) is 5.75 Å². The molecule has 1 aromatic carbocycles. The Hall–Kier alpha value is -1.55. The summed E-state index contributed by atoms with van der Waals surface area (Å²) in [5.74, 6) is 0.894. The smallest absolute Gasteiger partial charge is 0.237 e. The fourth-order valence-electron chi connectivity index (χ4n) is 2.49. The molecule has 0 saturated carbocycles. The number of carbonyl (C=O) groups excluding carboxylic acids is 1. The molecule has 1 aliphatic rings. The number of para-hydroxylation sites is 1. The van der Waals surface area contributed by atoms with E-state index in [1.807, 2.05) is 31.2 Å². The van der Waals surface area contributed by atoms with Gasteiger partial charge >= 0.3 is 0 Å². The fourth-order valence-corrected chi connectivity index (χ4v) is 2.49. The highest BCUT2D eigenvalue weighted by Crippen LogP contribution is 2.24. The first-order chi connectivity index (χ1) is 9.22. The summed E-state index contributed by atoms with van der Waals surface area (Å²) < 4.78 is 5.33. The number of carbonyl (C=O) groups is 1. The molecule has 19 heavy (non-hydrogen) atoms. The van der Waals surface area contributed by atoms with Crippen LogP contribution >= 0.6 is 0 Å². The molecule has 1 fully saturated rings. The lowest BCUT2D eigenvalue weighted by molar-refractivity contribution is -0.124. The first-order valence-electron chi connectivity index (χ1n) is 6.89. The van der Waals surface area contributed by atoms with Crippen LogP contribution in [0.25, 0.3) is 0 Å². The number of methoxy groups -OCH3 is 1. The van der Waals surface area contributed by atoms with Crippen LogP contribution in [0.4, 0.5) is 0 Å². The Labute approximate surface area is 114 Å². The van der Waals surface area contributed by atoms with E-state index in [1.54, 1.807) is 7.11 Å². The summed E-state index contributed by atoms with van der Waals surface area (Å²) in [4.78, 5) is 12.2. The van der Waals surface area contributed by atoms with E-state index in [2.05, 4.69) is 10.6 Å². The lowest BCUT2D eigenvalue weighted by Crippen LogP contribution is -2.47. The van der Waals surface area contributed by atoms with Crippen molar-refractivity contribution in [3.05, 3.63) is 29.8 Å². The van der Waals surface area contributed by atoms with Crippen molar-refractivity contribution in [3.8, 4) is 5.75 Å². The van der Waals surface area contributed by atoms with Gasteiger partial charge in [-0.3, -0.25) is 4.79 Å². The average molecular weight is 262 g/mol. The highest BCUT2D eigenvalue weighted by atomic mass is 16.5. The zero-order valence-electron chi connectivity index (χ0n) is 11.6. The number of rotatable bonds is 4. The highest BCUT2D eigenvalue weighted by Gasteiger charge is 2.22. The molecule has 2 atom stereocenters. The quantitative estimate of drug-likeness (QED) is 0.872. The van der Waals surface area contributed by atoms with Crippen molar-refractivity contribution in [3.63, 3.8) is 0 Å². The summed E-state index contributed by atoms with van der Waals surface area (Å²) in [5, 5.41) is 6.32. The van der Waals surface area contributed by atoms with Crippen LogP contribution in [0.5, 0.6) is 5.75 Å². The lowest BCUT2D eigenvalue weighted by atomic mass is 10.0. The van der Waals surface area contributed by atoms with E-state index in [0.29, 0.717) is 0 Å². The van der Waals surface area contributed by atoms with Crippen molar-refractivity contribution in [2.75, 3.05) is 13.7 Å². The lowest BCUT2D eigenvalue weighted by Gasteiger charge is -2.25. The molecule has 0 radical (unpaired) electrons. The highest BCUT2D eigenvalue weighted by molar-refractivity contribution is 5.82. The Morgan fingerprint density at radius 1 is 1.42 bits per heavy atom. The van der Waals surface area contributed by atoms with Gasteiger partial charge in [0.05, 0.1) is 19.2 Å². The van der Waals surface area contributed by atoms with Gasteiger partial charge in [-0.25, -0.2) is 0 Å². The molecular weight excluding hydrogens is 240 g/mol. The molecule has 1 amide bonds. The molecule has 2 rings (SSSR count). The standard InChI is InChI=1S/C15H22N2O2/c1-11(12-7-3-4-9-14(12)19-2)17-15(18)13-8-5-6-10-16-13/h3-4,7,9,11,13,16H,5-6,8,10H2,1-2H3,(H,17,18)/t11?,13-/m0/s1. The summed E-state index contributed by atoms with van der Waals surface area (Å²) >= 11 is 0. The molecule has 104 valence electrons. The van der Waals surface area contributed by atoms with Crippen LogP contribution in [-0.2, 0) is 4.79 Å². The second-order valence-electron chi connectivity index (χ2n) is 4.97. The Bertz CT molecular complexity index is 428. The van der Waals surface area contributed by atoms with E-state index >= 15 is 0 Å². The monoisotopic (exact) mass is 262 g/mol. The minimum absolute atomic E-state index is 0.0487. The fraction of sp³-hybridized carbons (Fsp3) is 0.533. The molecule has 1 aliphatic heterocycles. The van der Waals surface area contributed by atoms with Gasteiger partial charge in [0.25, 0.3) is 0 Å². The van der Waals surface area contributed by atoms with Gasteiger partial charge in [0, 0.05) is 5.56 Å². The summed E-state index contributed by atoms with van der Waals surface area (Å²) in [6.45, 7) is 2.92. The largest absolute Gasteiger partial charge is 0.496 e. The molecule has 1 aromatic rings. The summed E-state index contributed by atoms with van der Waals surface area (Å²) in [6, 6.07) is 7.69. The maximum absolute atomic E-state index is 12.2. The van der Waals surface area contributed by atoms with Gasteiger partial charge in [-0.05, 0) is 32.4 Å². The zero-order chi connectivity index (χ0) is 13.7. The molecule has 1 heterocycles. The molecule has 0 aliphatic carbocycles. The molecular formula is C15H22N2O2. The second kappa shape index (κ2) is 6.57. The summed E-state index contributed by atoms with van der Waals surface area (Å²) in [5.41, 5.74) is 1.01. The number of ether oxygens (including phenoxy) is 1. The zero-order valence-corrected chi connectivity index (χ0v) is 11.6. The van der Waals surface area contributed by atoms with Crippen molar-refractivity contribution >= 4 is 5.91 Å². The van der Waals surface area contributed by atoms with E-state index in [4.69, 9.17) is 4.74 Å². The third kappa shape index (κ3) is 3.47. The molecule has 4 heteroatoms. The normalized spacial score (nSPS) is 20.6. The molecule has 2 N–H and O–H groups in total. The van der Waals surface area contributed by atoms with Crippen LogP contribution in [-0.4, -0.2) is 25.6 Å². The Balaban J connectivity index is 1.99. The molecule has 0 bridgehead atoms. The molecule has 4 nitrogen and oxygen atoms in total. The third-order valence-corrected chi connectivity index (χ3v) is 3.59. The molecule has 0 spiro atoms. The number of hydrogen-bond donors (Lipinski definition) is 2. The van der Waals surface area contributed by atoms with E-state index in [1.165, 1.54) is 0 Å². The van der Waals surface area contributed by atoms with Crippen LogP contribution in [0.3, 0.4) is 0 Å². The topological polar surface area (TPSA) is 50.4 Å². The second-order valence-corrected chi connectivity index (χ2v) is 4.97. The van der Waals surface area contributed by atoms with Gasteiger partial charge in [-0.2, -0.15) is 0 Å². The molecule has 0 aromatic heterocycles. The Morgan fingerprint density at radius 3 is 2.89 bits per heavy atom. The van der Waals surface area contributed by atoms with Crippen LogP contribution in [0.15, 0.2) is 24.3 Å². The maximum Gasteiger partial charge on any atom is 0.237 e. The van der Waals surface area contributed by atoms with E-state index in [0.717, 1.165) is 37.1 Å². The maximum atomic E-state index is 12.2. The van der Waals surface area contributed by atoms with E-state index in [9.17, 15) is 4.79 Å². The predicted molar refractivity (Wildman–Crippen MR) is 75.2 cm³/mol. The Kier molecular flexibility index (Phi) is 4.80. The number of piperidine rings is 1. The first-order valence-corrected chi connectivity index (χ1v) is 6.89. The minimum Gasteiger partial charge on any atom is -0.496 e. The number of amides is 1. The third-order valence-electron chi connectivity index (χ3n) is 3.59. The van der Waals surface area contributed by atoms with Crippen molar-refractivity contribution in [2.24, 2.45) is 0 Å². The number of hydrogen-bond acceptors (Lipinski definition) is 3. The van der Waals surface area contributed by atoms with Gasteiger partial charge in [0.2, 0.25) is 5.91 Å². The van der Waals surface area contributed by atoms with Gasteiger partial charge in [0.15, 0.2) is 0 Å². The Morgan fingerprint density at radius 2 is 2.21 bits per heavy atom. The van der Waals surface area contributed by atoms with Crippen LogP contribution in [0.2, 0.25) is 0 Å². The molecule has 1 unspecified atom stereocenters. The summed E-state index contributed by atoms with van der Waals surface area (Å²) in [6.07, 6.45) is 3.20. The average Bonchev–Trinajstić information content (AvgIpc) is 2.48. The summed E-state index contributed by atoms with van der Waals surface area (Å²) in [7, 11) is 1.65.